The largest absolute Gasteiger partial charge is 0.388 e. The van der Waals surface area contributed by atoms with Gasteiger partial charge in [-0.05, 0) is 40.9 Å². The Balaban J connectivity index is 1.11. The van der Waals surface area contributed by atoms with Crippen LogP contribution in [0.4, 0.5) is 0 Å². The highest BCUT2D eigenvalue weighted by atomic mass is 16.8. The maximum atomic E-state index is 11.7. The van der Waals surface area contributed by atoms with E-state index < -0.39 is 67.9 Å². The first-order chi connectivity index (χ1) is 30.3. The van der Waals surface area contributed by atoms with Gasteiger partial charge in [0.05, 0.1) is 45.2 Å². The molecule has 4 aromatic rings. The van der Waals surface area contributed by atoms with Crippen LogP contribution in [0, 0.1) is 23.7 Å². The van der Waals surface area contributed by atoms with Gasteiger partial charge in [-0.25, -0.2) is 0 Å². The molecule has 0 bridgehead atoms. The molecular formula is C51H64O11. The first-order valence-electron chi connectivity index (χ1n) is 22.5. The van der Waals surface area contributed by atoms with Gasteiger partial charge in [0.25, 0.3) is 0 Å². The lowest BCUT2D eigenvalue weighted by atomic mass is 9.82. The monoisotopic (exact) mass is 852 g/mol. The molecule has 11 heteroatoms. The minimum absolute atomic E-state index is 0.0608. The fraction of sp³-hybridized carbons (Fsp3) is 0.529. The van der Waals surface area contributed by atoms with Crippen molar-refractivity contribution in [2.45, 2.75) is 135 Å². The van der Waals surface area contributed by atoms with Crippen molar-refractivity contribution in [2.75, 3.05) is 13.2 Å². The second kappa shape index (κ2) is 21.4. The van der Waals surface area contributed by atoms with E-state index in [0.717, 1.165) is 28.7 Å². The molecule has 0 radical (unpaired) electrons. The molecule has 0 aromatic heterocycles. The Bertz CT molecular complexity index is 1900. The minimum Gasteiger partial charge on any atom is -0.388 e. The highest BCUT2D eigenvalue weighted by Crippen LogP contribution is 2.42. The van der Waals surface area contributed by atoms with Crippen LogP contribution in [0.5, 0.6) is 0 Å². The Hall–Kier alpha value is -3.56. The zero-order valence-electron chi connectivity index (χ0n) is 36.6. The lowest BCUT2D eigenvalue weighted by Crippen LogP contribution is -2.66. The Morgan fingerprint density at radius 3 is 1.73 bits per heavy atom. The molecule has 0 saturated carbocycles. The van der Waals surface area contributed by atoms with Crippen molar-refractivity contribution in [1.29, 1.82) is 0 Å². The number of hydrogen-bond acceptors (Lipinski definition) is 11. The van der Waals surface area contributed by atoms with Crippen LogP contribution in [-0.4, -0.2) is 86.0 Å². The molecule has 4 saturated heterocycles. The molecular weight excluding hydrogens is 789 g/mol. The molecule has 4 heterocycles. The third-order valence-corrected chi connectivity index (χ3v) is 13.3. The summed E-state index contributed by atoms with van der Waals surface area (Å²) in [5.74, 6) is -0.0677. The van der Waals surface area contributed by atoms with E-state index in [-0.39, 0.29) is 49.6 Å². The summed E-state index contributed by atoms with van der Waals surface area (Å²) < 4.78 is 67.5. The predicted octanol–water partition coefficient (Wildman–Crippen LogP) is 8.38. The summed E-state index contributed by atoms with van der Waals surface area (Å²) in [4.78, 5) is 0. The number of aliphatic hydroxyl groups excluding tert-OH is 1. The van der Waals surface area contributed by atoms with Crippen molar-refractivity contribution in [1.82, 2.24) is 0 Å². The third-order valence-electron chi connectivity index (χ3n) is 13.3. The maximum Gasteiger partial charge on any atom is 0.187 e. The molecule has 4 aliphatic heterocycles. The summed E-state index contributed by atoms with van der Waals surface area (Å²) in [7, 11) is 0. The quantitative estimate of drug-likeness (QED) is 0.117. The number of fused-ring (bicyclic) bond motifs is 1. The van der Waals surface area contributed by atoms with E-state index in [9.17, 15) is 5.11 Å². The summed E-state index contributed by atoms with van der Waals surface area (Å²) in [5.41, 5.74) is 3.96. The van der Waals surface area contributed by atoms with Gasteiger partial charge in [-0.15, -0.1) is 0 Å². The lowest BCUT2D eigenvalue weighted by molar-refractivity contribution is -0.405. The van der Waals surface area contributed by atoms with Gasteiger partial charge in [-0.2, -0.15) is 0 Å². The standard InChI is InChI=1S/C51H64O11/c1-6-40-32(2)33(3)43(52)50(57-40)62-46-45-42(31-56-49(61-45)39-25-17-10-18-26-39)59-51(47(46)54-28-37-21-13-8-14-22-37)60-44-34(4)35(5)48(55-29-38-23-15-9-16-24-38)58-41(44)30-53-27-36-19-11-7-12-20-36/h7-26,32-35,40-52H,6,27-31H2,1-5H3/t32-,33-,34?,35+,40?,41?,42?,43?,44+,45-,46?,47-,48-,49?,50+,51+/m1/s1. The fourth-order valence-electron chi connectivity index (χ4n) is 9.11. The second-order valence-corrected chi connectivity index (χ2v) is 17.4. The summed E-state index contributed by atoms with van der Waals surface area (Å²) in [6.45, 7) is 12.1. The second-order valence-electron chi connectivity index (χ2n) is 17.4. The van der Waals surface area contributed by atoms with Crippen molar-refractivity contribution in [3.05, 3.63) is 144 Å². The van der Waals surface area contributed by atoms with Gasteiger partial charge in [0, 0.05) is 11.5 Å². The normalized spacial score (nSPS) is 36.2. The van der Waals surface area contributed by atoms with Crippen LogP contribution in [-0.2, 0) is 67.2 Å². The maximum absolute atomic E-state index is 11.7. The molecule has 11 nitrogen and oxygen atoms in total. The van der Waals surface area contributed by atoms with Crippen molar-refractivity contribution >= 4 is 0 Å². The van der Waals surface area contributed by atoms with Crippen LogP contribution in [0.3, 0.4) is 0 Å². The molecule has 4 aromatic carbocycles. The highest BCUT2D eigenvalue weighted by molar-refractivity contribution is 5.18. The molecule has 8 rings (SSSR count). The molecule has 334 valence electrons. The van der Waals surface area contributed by atoms with Crippen LogP contribution in [0.15, 0.2) is 121 Å². The minimum atomic E-state index is -0.967. The van der Waals surface area contributed by atoms with Crippen molar-refractivity contribution in [2.24, 2.45) is 23.7 Å². The van der Waals surface area contributed by atoms with E-state index >= 15 is 0 Å². The van der Waals surface area contributed by atoms with Gasteiger partial charge in [-0.3, -0.25) is 0 Å². The molecule has 4 fully saturated rings. The van der Waals surface area contributed by atoms with E-state index in [2.05, 4.69) is 34.6 Å². The van der Waals surface area contributed by atoms with E-state index in [1.54, 1.807) is 0 Å². The number of ether oxygens (including phenoxy) is 10. The van der Waals surface area contributed by atoms with Gasteiger partial charge < -0.3 is 52.5 Å². The lowest BCUT2D eigenvalue weighted by Gasteiger charge is -2.52. The zero-order chi connectivity index (χ0) is 43.0. The zero-order valence-corrected chi connectivity index (χ0v) is 36.6. The van der Waals surface area contributed by atoms with Crippen molar-refractivity contribution in [3.8, 4) is 0 Å². The van der Waals surface area contributed by atoms with Crippen LogP contribution in [0.1, 0.15) is 69.6 Å². The molecule has 0 amide bonds. The van der Waals surface area contributed by atoms with E-state index in [0.29, 0.717) is 13.2 Å². The van der Waals surface area contributed by atoms with Crippen molar-refractivity contribution in [3.63, 3.8) is 0 Å². The number of hydrogen-bond donors (Lipinski definition) is 1. The smallest absolute Gasteiger partial charge is 0.187 e. The Morgan fingerprint density at radius 1 is 0.532 bits per heavy atom. The van der Waals surface area contributed by atoms with Crippen LogP contribution < -0.4 is 0 Å². The molecule has 0 aliphatic carbocycles. The van der Waals surface area contributed by atoms with Crippen molar-refractivity contribution < 1.29 is 52.5 Å². The highest BCUT2D eigenvalue weighted by Gasteiger charge is 2.56. The Labute approximate surface area is 366 Å². The molecule has 1 N–H and O–H groups in total. The molecule has 62 heavy (non-hydrogen) atoms. The fourth-order valence-corrected chi connectivity index (χ4v) is 9.11. The van der Waals surface area contributed by atoms with Crippen LogP contribution in [0.25, 0.3) is 0 Å². The number of rotatable bonds is 16. The molecule has 4 aliphatic rings. The number of aliphatic hydroxyl groups is 1. The van der Waals surface area contributed by atoms with Crippen LogP contribution in [0.2, 0.25) is 0 Å². The number of benzene rings is 4. The average Bonchev–Trinajstić information content (AvgIpc) is 3.31. The van der Waals surface area contributed by atoms with Gasteiger partial charge >= 0.3 is 0 Å². The molecule has 16 atom stereocenters. The Kier molecular flexibility index (Phi) is 15.5. The topological polar surface area (TPSA) is 113 Å². The SMILES string of the molecule is CCC1O[C@@H](OC2[C@@H]3OC(c4ccccc4)OCC3O[C@@H](O[C@@H]3C(COCc4ccccc4)O[C@@H](OCc4ccccc4)[C@@H](C)C3C)[C@@H]2OCc2ccccc2)C(O)[C@H](C)[C@H]1C. The first kappa shape index (κ1) is 45.0. The van der Waals surface area contributed by atoms with Gasteiger partial charge in [0.2, 0.25) is 0 Å². The third kappa shape index (κ3) is 10.7. The average molecular weight is 853 g/mol. The van der Waals surface area contributed by atoms with E-state index in [1.807, 2.05) is 121 Å². The van der Waals surface area contributed by atoms with Crippen LogP contribution >= 0.6 is 0 Å². The van der Waals surface area contributed by atoms with E-state index in [4.69, 9.17) is 47.4 Å². The summed E-state index contributed by atoms with van der Waals surface area (Å²) >= 11 is 0. The van der Waals surface area contributed by atoms with Gasteiger partial charge in [-0.1, -0.05) is 156 Å². The summed E-state index contributed by atoms with van der Waals surface area (Å²) in [6.07, 6.45) is -7.26. The molecule has 0 spiro atoms. The molecule has 7 unspecified atom stereocenters. The van der Waals surface area contributed by atoms with Gasteiger partial charge in [0.1, 0.15) is 36.6 Å². The predicted molar refractivity (Wildman–Crippen MR) is 231 cm³/mol. The first-order valence-corrected chi connectivity index (χ1v) is 22.5. The summed E-state index contributed by atoms with van der Waals surface area (Å²) in [6, 6.07) is 40.0. The summed E-state index contributed by atoms with van der Waals surface area (Å²) in [5, 5.41) is 11.7. The van der Waals surface area contributed by atoms with E-state index in [1.165, 1.54) is 0 Å². The Morgan fingerprint density at radius 2 is 1.10 bits per heavy atom. The van der Waals surface area contributed by atoms with Gasteiger partial charge in [0.15, 0.2) is 25.2 Å².